The second kappa shape index (κ2) is 11.5. The Morgan fingerprint density at radius 3 is 2.38 bits per heavy atom. The summed E-state index contributed by atoms with van der Waals surface area (Å²) in [5.41, 5.74) is -1.31. The van der Waals surface area contributed by atoms with E-state index in [1.165, 1.54) is 18.2 Å². The van der Waals surface area contributed by atoms with Crippen molar-refractivity contribution in [3.63, 3.8) is 0 Å². The molecule has 2 atom stereocenters. The highest BCUT2D eigenvalue weighted by Gasteiger charge is 2.40. The Balaban J connectivity index is 1.65. The van der Waals surface area contributed by atoms with Crippen LogP contribution in [0.3, 0.4) is 0 Å². The topological polar surface area (TPSA) is 245 Å². The van der Waals surface area contributed by atoms with E-state index < -0.39 is 80.3 Å². The molecule has 230 valence electrons. The lowest BCUT2D eigenvalue weighted by Crippen LogP contribution is -2.38. The lowest BCUT2D eigenvalue weighted by molar-refractivity contribution is -0.153. The number of rotatable bonds is 8. The van der Waals surface area contributed by atoms with Crippen molar-refractivity contribution in [3.8, 4) is 0 Å². The number of primary sulfonamides is 1. The number of sulfonamides is 1. The summed E-state index contributed by atoms with van der Waals surface area (Å²) in [6, 6.07) is 13.8. The number of aromatic nitrogens is 2. The third kappa shape index (κ3) is 5.94. The van der Waals surface area contributed by atoms with E-state index in [0.717, 1.165) is 13.2 Å². The zero-order chi connectivity index (χ0) is 32.8. The smallest absolute Gasteiger partial charge is 0.375 e. The van der Waals surface area contributed by atoms with E-state index in [-0.39, 0.29) is 22.4 Å². The number of ketones is 3. The molecule has 1 unspecified atom stereocenters. The zero-order valence-electron chi connectivity index (χ0n) is 22.6. The van der Waals surface area contributed by atoms with Crippen LogP contribution in [0.2, 0.25) is 5.02 Å². The minimum Gasteiger partial charge on any atom is -0.463 e. The highest BCUT2D eigenvalue weighted by Crippen LogP contribution is 2.23. The van der Waals surface area contributed by atoms with Gasteiger partial charge in [0, 0.05) is 11.1 Å². The number of hydrogen-bond acceptors (Lipinski definition) is 11. The number of amidine groups is 1. The monoisotopic (exact) mass is 671 g/mol. The SMILES string of the molecule is COC(=O)C(=O)[C@@H](C(=O)C1=NS(=O)(O)=c2cc(S(N)(=O)=O)c(Cl)cc2=N1)c1nc2ccc(C(=O)c3ccccc3)cc2[nH]c1=O. The Morgan fingerprint density at radius 2 is 1.73 bits per heavy atom. The average molecular weight is 672 g/mol. The molecule has 0 saturated carbocycles. The van der Waals surface area contributed by atoms with Crippen LogP contribution in [0, 0.1) is 4.51 Å². The van der Waals surface area contributed by atoms with Gasteiger partial charge in [0.05, 0.1) is 28.5 Å². The molecule has 1 aliphatic rings. The number of hydrogen-bond donors (Lipinski definition) is 3. The van der Waals surface area contributed by atoms with E-state index in [2.05, 4.69) is 24.1 Å². The molecule has 0 amide bonds. The van der Waals surface area contributed by atoms with Gasteiger partial charge in [0.2, 0.25) is 21.6 Å². The van der Waals surface area contributed by atoms with Crippen molar-refractivity contribution < 1.29 is 41.1 Å². The molecule has 18 heteroatoms. The number of carbonyl (C=O) groups is 4. The Hall–Kier alpha value is -4.94. The molecular formula is C27H18ClN5O10S2. The molecule has 45 heavy (non-hydrogen) atoms. The minimum absolute atomic E-state index is 0.00537. The van der Waals surface area contributed by atoms with E-state index in [9.17, 15) is 41.2 Å². The first kappa shape index (κ1) is 31.5. The first-order valence-corrected chi connectivity index (χ1v) is 15.8. The van der Waals surface area contributed by atoms with Gasteiger partial charge < -0.3 is 9.72 Å². The fraction of sp³-hybridized carbons (Fsp3) is 0.0741. The van der Waals surface area contributed by atoms with Gasteiger partial charge in [-0.2, -0.15) is 0 Å². The van der Waals surface area contributed by atoms with Crippen LogP contribution in [0.15, 0.2) is 79.7 Å². The molecule has 3 aromatic carbocycles. The molecule has 2 heterocycles. The summed E-state index contributed by atoms with van der Waals surface area (Å²) in [4.78, 5) is 74.8. The fourth-order valence-electron chi connectivity index (χ4n) is 4.35. The molecule has 1 aliphatic heterocycles. The van der Waals surface area contributed by atoms with E-state index >= 15 is 0 Å². The maximum Gasteiger partial charge on any atom is 0.375 e. The number of halogens is 1. The molecule has 1 aromatic heterocycles. The first-order chi connectivity index (χ1) is 21.1. The number of benzene rings is 3. The Labute approximate surface area is 257 Å². The summed E-state index contributed by atoms with van der Waals surface area (Å²) < 4.78 is 54.5. The number of Topliss-reactive ketones (excluding diaryl/α,β-unsaturated/α-hetero) is 2. The first-order valence-electron chi connectivity index (χ1n) is 12.4. The van der Waals surface area contributed by atoms with E-state index in [1.54, 1.807) is 30.3 Å². The van der Waals surface area contributed by atoms with Crippen molar-refractivity contribution in [3.05, 3.63) is 103 Å². The third-order valence-corrected chi connectivity index (χ3v) is 9.16. The summed E-state index contributed by atoms with van der Waals surface area (Å²) in [6.07, 6.45) is 0. The summed E-state index contributed by atoms with van der Waals surface area (Å²) in [7, 11) is -8.21. The number of H-pyrrole nitrogens is 1. The summed E-state index contributed by atoms with van der Waals surface area (Å²) in [5.74, 6) is -8.42. The Morgan fingerprint density at radius 1 is 1.04 bits per heavy atom. The van der Waals surface area contributed by atoms with E-state index in [1.807, 2.05) is 0 Å². The number of esters is 1. The van der Waals surface area contributed by atoms with Gasteiger partial charge >= 0.3 is 5.97 Å². The number of carbonyl (C=O) groups excluding carboxylic acids is 4. The number of nitrogens with two attached hydrogens (primary N) is 1. The summed E-state index contributed by atoms with van der Waals surface area (Å²) >= 11 is 5.97. The molecule has 4 N–H and O–H groups in total. The van der Waals surface area contributed by atoms with Gasteiger partial charge in [-0.1, -0.05) is 41.9 Å². The van der Waals surface area contributed by atoms with Crippen molar-refractivity contribution in [2.75, 3.05) is 7.11 Å². The maximum absolute atomic E-state index is 13.7. The van der Waals surface area contributed by atoms with Gasteiger partial charge in [-0.15, -0.1) is 4.40 Å². The van der Waals surface area contributed by atoms with Crippen molar-refractivity contribution >= 4 is 71.8 Å². The van der Waals surface area contributed by atoms with Crippen molar-refractivity contribution in [2.24, 2.45) is 14.5 Å². The van der Waals surface area contributed by atoms with E-state index in [0.29, 0.717) is 11.6 Å². The molecule has 0 saturated heterocycles. The average Bonchev–Trinajstić information content (AvgIpc) is 2.99. The van der Waals surface area contributed by atoms with Crippen LogP contribution in [-0.2, 0) is 39.1 Å². The summed E-state index contributed by atoms with van der Waals surface area (Å²) in [6.45, 7) is 0. The number of fused-ring (bicyclic) bond motifs is 2. The second-order valence-electron chi connectivity index (χ2n) is 9.35. The molecule has 0 bridgehead atoms. The number of nitrogens with one attached hydrogen (secondary N) is 1. The third-order valence-electron chi connectivity index (χ3n) is 6.46. The van der Waals surface area contributed by atoms with Crippen molar-refractivity contribution in [1.29, 1.82) is 0 Å². The van der Waals surface area contributed by atoms with Crippen LogP contribution >= 0.6 is 11.6 Å². The van der Waals surface area contributed by atoms with Gasteiger partial charge in [-0.3, -0.25) is 23.7 Å². The predicted molar refractivity (Wildman–Crippen MR) is 158 cm³/mol. The number of aromatic amines is 1. The van der Waals surface area contributed by atoms with Gasteiger partial charge in [0.15, 0.2) is 15.8 Å². The largest absolute Gasteiger partial charge is 0.463 e. The van der Waals surface area contributed by atoms with Crippen LogP contribution in [0.25, 0.3) is 11.0 Å². The van der Waals surface area contributed by atoms with Gasteiger partial charge in [0.1, 0.15) is 21.0 Å². The quantitative estimate of drug-likeness (QED) is 0.0765. The normalized spacial score (nSPS) is 16.6. The fourth-order valence-corrected chi connectivity index (χ4v) is 6.63. The molecule has 0 aliphatic carbocycles. The standard InChI is InChI=1S/C27H18ClN5O10S2/c1-43-27(38)24(36)20(23(35)25-31-17-10-14(28)18(44(29,39)40)11-19(17)45(41,42)33-25)21-26(37)32-16-9-13(7-8-15(16)30-21)22(34)12-5-3-2-4-6-12/h2-11,20H,1H3,(H,32,37)(H2,29,39,40)(H,31,33,41,42)/t20-/m1/s1. The van der Waals surface area contributed by atoms with Crippen LogP contribution in [0.5, 0.6) is 0 Å². The van der Waals surface area contributed by atoms with Crippen molar-refractivity contribution in [1.82, 2.24) is 9.97 Å². The molecule has 4 aromatic rings. The lowest BCUT2D eigenvalue weighted by atomic mass is 9.94. The molecule has 0 spiro atoms. The second-order valence-corrected chi connectivity index (χ2v) is 12.9. The van der Waals surface area contributed by atoms with Crippen LogP contribution in [-0.4, -0.2) is 63.4 Å². The molecule has 0 radical (unpaired) electrons. The zero-order valence-corrected chi connectivity index (χ0v) is 25.0. The number of methoxy groups -OCH3 is 1. The number of nitrogens with zero attached hydrogens (tertiary/aromatic N) is 3. The summed E-state index contributed by atoms with van der Waals surface area (Å²) in [5, 5.41) is 4.11. The Kier molecular flexibility index (Phi) is 8.06. The van der Waals surface area contributed by atoms with Crippen LogP contribution in [0.1, 0.15) is 27.5 Å². The van der Waals surface area contributed by atoms with Crippen LogP contribution < -0.4 is 16.1 Å². The predicted octanol–water partition coefficient (Wildman–Crippen LogP) is 0.505. The number of ether oxygens (including phenoxy) is 1. The molecule has 0 fully saturated rings. The molecule has 15 nitrogen and oxygen atoms in total. The highest BCUT2D eigenvalue weighted by atomic mass is 35.5. The highest BCUT2D eigenvalue weighted by molar-refractivity contribution is 7.89. The lowest BCUT2D eigenvalue weighted by Gasteiger charge is -2.15. The van der Waals surface area contributed by atoms with Gasteiger partial charge in [-0.25, -0.2) is 32.5 Å². The van der Waals surface area contributed by atoms with Crippen LogP contribution in [0.4, 0.5) is 0 Å². The Bertz CT molecular complexity index is 2420. The molecule has 5 rings (SSSR count). The maximum atomic E-state index is 13.7. The van der Waals surface area contributed by atoms with Gasteiger partial charge in [0.25, 0.3) is 11.3 Å². The van der Waals surface area contributed by atoms with Crippen molar-refractivity contribution in [2.45, 2.75) is 10.8 Å². The molecular weight excluding hydrogens is 654 g/mol. The van der Waals surface area contributed by atoms with E-state index in [4.69, 9.17) is 16.7 Å². The van der Waals surface area contributed by atoms with Gasteiger partial charge in [-0.05, 0) is 30.3 Å². The minimum atomic E-state index is -4.60.